The largest absolute Gasteiger partial charge is 0.313 e. The molecule has 1 N–H and O–H groups in total. The Morgan fingerprint density at radius 3 is 2.89 bits per heavy atom. The first-order valence-corrected chi connectivity index (χ1v) is 10.1. The Morgan fingerprint density at radius 1 is 1.22 bits per heavy atom. The van der Waals surface area contributed by atoms with E-state index in [-0.39, 0.29) is 12.4 Å². The van der Waals surface area contributed by atoms with Gasteiger partial charge in [-0.2, -0.15) is 5.10 Å². The normalized spacial score (nSPS) is 11.1. The molecule has 0 aliphatic heterocycles. The minimum absolute atomic E-state index is 0.248. The van der Waals surface area contributed by atoms with E-state index in [0.29, 0.717) is 28.0 Å². The van der Waals surface area contributed by atoms with Gasteiger partial charge in [-0.1, -0.05) is 29.0 Å². The number of thiazole rings is 1. The third-order valence-electron chi connectivity index (χ3n) is 3.69. The maximum Gasteiger partial charge on any atom is 0.211 e. The standard InChI is InChI=1S/C17H14ClFN6S2/c1-10-9-26-15(20-10)7-16-22-23-17(27-16)21-14-5-6-25(24-14)8-11-12(18)3-2-4-13(11)19/h2-6,9H,7-8H2,1H3,(H,21,23,24). The number of halogens is 2. The fraction of sp³-hybridized carbons (Fsp3) is 0.176. The summed E-state index contributed by atoms with van der Waals surface area (Å²) in [5.41, 5.74) is 1.42. The van der Waals surface area contributed by atoms with Crippen molar-refractivity contribution in [3.63, 3.8) is 0 Å². The quantitative estimate of drug-likeness (QED) is 0.490. The van der Waals surface area contributed by atoms with Gasteiger partial charge in [-0.05, 0) is 19.1 Å². The number of anilines is 2. The first-order chi connectivity index (χ1) is 13.1. The number of nitrogens with one attached hydrogen (secondary N) is 1. The van der Waals surface area contributed by atoms with Gasteiger partial charge in [0.05, 0.1) is 18.0 Å². The number of rotatable bonds is 6. The molecule has 3 heterocycles. The molecular weight excluding hydrogens is 407 g/mol. The van der Waals surface area contributed by atoms with Crippen LogP contribution in [0.1, 0.15) is 21.3 Å². The van der Waals surface area contributed by atoms with E-state index >= 15 is 0 Å². The van der Waals surface area contributed by atoms with E-state index < -0.39 is 0 Å². The van der Waals surface area contributed by atoms with Crippen LogP contribution >= 0.6 is 34.3 Å². The minimum Gasteiger partial charge on any atom is -0.313 e. The van der Waals surface area contributed by atoms with Crippen molar-refractivity contribution in [3.05, 3.63) is 68.0 Å². The van der Waals surface area contributed by atoms with E-state index in [4.69, 9.17) is 11.6 Å². The zero-order chi connectivity index (χ0) is 18.8. The van der Waals surface area contributed by atoms with E-state index in [1.165, 1.54) is 17.4 Å². The van der Waals surface area contributed by atoms with Gasteiger partial charge in [0, 0.05) is 33.9 Å². The second-order valence-electron chi connectivity index (χ2n) is 5.78. The van der Waals surface area contributed by atoms with Crippen LogP contribution in [0.15, 0.2) is 35.8 Å². The first kappa shape index (κ1) is 18.0. The van der Waals surface area contributed by atoms with E-state index in [1.807, 2.05) is 12.3 Å². The lowest BCUT2D eigenvalue weighted by atomic mass is 10.2. The maximum atomic E-state index is 13.9. The van der Waals surface area contributed by atoms with Crippen LogP contribution in [0.4, 0.5) is 15.3 Å². The predicted octanol–water partition coefficient (Wildman–Crippen LogP) is 4.67. The third kappa shape index (κ3) is 4.32. The van der Waals surface area contributed by atoms with Gasteiger partial charge in [0.1, 0.15) is 10.8 Å². The van der Waals surface area contributed by atoms with Gasteiger partial charge >= 0.3 is 0 Å². The zero-order valence-corrected chi connectivity index (χ0v) is 16.6. The fourth-order valence-corrected chi connectivity index (χ4v) is 4.30. The molecule has 0 spiro atoms. The average Bonchev–Trinajstić information content (AvgIpc) is 3.35. The van der Waals surface area contributed by atoms with Crippen molar-refractivity contribution in [3.8, 4) is 0 Å². The second-order valence-corrected chi connectivity index (χ2v) is 8.20. The monoisotopic (exact) mass is 420 g/mol. The molecule has 3 aromatic heterocycles. The molecule has 1 aromatic carbocycles. The van der Waals surface area contributed by atoms with Crippen molar-refractivity contribution in [1.82, 2.24) is 25.0 Å². The summed E-state index contributed by atoms with van der Waals surface area (Å²) in [5.74, 6) is 0.258. The van der Waals surface area contributed by atoms with Gasteiger partial charge in [-0.3, -0.25) is 4.68 Å². The van der Waals surface area contributed by atoms with E-state index in [2.05, 4.69) is 25.6 Å². The molecule has 10 heteroatoms. The molecule has 0 unspecified atom stereocenters. The number of hydrogen-bond donors (Lipinski definition) is 1. The van der Waals surface area contributed by atoms with Crippen LogP contribution in [0.3, 0.4) is 0 Å². The smallest absolute Gasteiger partial charge is 0.211 e. The Bertz CT molecular complexity index is 1050. The fourth-order valence-electron chi connectivity index (χ4n) is 2.46. The first-order valence-electron chi connectivity index (χ1n) is 8.03. The molecule has 0 fully saturated rings. The summed E-state index contributed by atoms with van der Waals surface area (Å²) >= 11 is 9.14. The molecule has 4 rings (SSSR count). The highest BCUT2D eigenvalue weighted by Crippen LogP contribution is 2.24. The van der Waals surface area contributed by atoms with Crippen LogP contribution in [0, 0.1) is 12.7 Å². The van der Waals surface area contributed by atoms with E-state index in [9.17, 15) is 4.39 Å². The van der Waals surface area contributed by atoms with Crippen LogP contribution in [0.5, 0.6) is 0 Å². The number of nitrogens with zero attached hydrogens (tertiary/aromatic N) is 5. The molecule has 0 atom stereocenters. The lowest BCUT2D eigenvalue weighted by Crippen LogP contribution is -2.04. The Labute approximate surface area is 167 Å². The third-order valence-corrected chi connectivity index (χ3v) is 5.85. The molecule has 0 amide bonds. The summed E-state index contributed by atoms with van der Waals surface area (Å²) in [6, 6.07) is 6.42. The summed E-state index contributed by atoms with van der Waals surface area (Å²) in [4.78, 5) is 4.44. The van der Waals surface area contributed by atoms with Gasteiger partial charge < -0.3 is 5.32 Å². The maximum absolute atomic E-state index is 13.9. The molecule has 0 saturated heterocycles. The van der Waals surface area contributed by atoms with Crippen LogP contribution in [0.2, 0.25) is 5.02 Å². The van der Waals surface area contributed by atoms with Gasteiger partial charge in [0.15, 0.2) is 5.82 Å². The molecule has 138 valence electrons. The van der Waals surface area contributed by atoms with Crippen molar-refractivity contribution in [2.75, 3.05) is 5.32 Å². The van der Waals surface area contributed by atoms with E-state index in [0.717, 1.165) is 15.7 Å². The molecular formula is C17H14ClFN6S2. The van der Waals surface area contributed by atoms with Crippen molar-refractivity contribution in [1.29, 1.82) is 0 Å². The van der Waals surface area contributed by atoms with Gasteiger partial charge in [0.25, 0.3) is 0 Å². The summed E-state index contributed by atoms with van der Waals surface area (Å²) in [6.45, 7) is 2.22. The van der Waals surface area contributed by atoms with E-state index in [1.54, 1.807) is 40.4 Å². The summed E-state index contributed by atoms with van der Waals surface area (Å²) in [5, 5.41) is 20.8. The number of hydrogen-bond acceptors (Lipinski definition) is 7. The summed E-state index contributed by atoms with van der Waals surface area (Å²) in [6.07, 6.45) is 2.42. The van der Waals surface area contributed by atoms with Crippen LogP contribution < -0.4 is 5.32 Å². The van der Waals surface area contributed by atoms with Crippen molar-refractivity contribution in [2.45, 2.75) is 19.9 Å². The lowest BCUT2D eigenvalue weighted by molar-refractivity contribution is 0.586. The highest BCUT2D eigenvalue weighted by atomic mass is 35.5. The summed E-state index contributed by atoms with van der Waals surface area (Å²) in [7, 11) is 0. The van der Waals surface area contributed by atoms with Crippen LogP contribution in [-0.4, -0.2) is 25.0 Å². The summed E-state index contributed by atoms with van der Waals surface area (Å²) < 4.78 is 15.5. The lowest BCUT2D eigenvalue weighted by Gasteiger charge is -2.05. The van der Waals surface area contributed by atoms with Crippen LogP contribution in [0.25, 0.3) is 0 Å². The highest BCUT2D eigenvalue weighted by molar-refractivity contribution is 7.15. The Hall–Kier alpha value is -2.36. The highest BCUT2D eigenvalue weighted by Gasteiger charge is 2.11. The topological polar surface area (TPSA) is 68.5 Å². The molecule has 0 radical (unpaired) electrons. The molecule has 0 aliphatic carbocycles. The molecule has 27 heavy (non-hydrogen) atoms. The van der Waals surface area contributed by atoms with Crippen molar-refractivity contribution < 1.29 is 4.39 Å². The SMILES string of the molecule is Cc1csc(Cc2nnc(Nc3ccn(Cc4c(F)cccc4Cl)n3)s2)n1. The number of aromatic nitrogens is 5. The second kappa shape index (κ2) is 7.71. The molecule has 0 aliphatic rings. The Morgan fingerprint density at radius 2 is 2.11 bits per heavy atom. The van der Waals surface area contributed by atoms with Crippen molar-refractivity contribution >= 4 is 45.2 Å². The van der Waals surface area contributed by atoms with Gasteiger partial charge in [-0.15, -0.1) is 21.5 Å². The molecule has 0 saturated carbocycles. The number of aryl methyl sites for hydroxylation is 1. The minimum atomic E-state index is -0.348. The predicted molar refractivity (Wildman–Crippen MR) is 106 cm³/mol. The zero-order valence-electron chi connectivity index (χ0n) is 14.2. The number of benzene rings is 1. The Balaban J connectivity index is 1.42. The molecule has 0 bridgehead atoms. The Kier molecular flexibility index (Phi) is 5.15. The van der Waals surface area contributed by atoms with Gasteiger partial charge in [-0.25, -0.2) is 9.37 Å². The van der Waals surface area contributed by atoms with Crippen LogP contribution in [-0.2, 0) is 13.0 Å². The molecule has 4 aromatic rings. The van der Waals surface area contributed by atoms with Gasteiger partial charge in [0.2, 0.25) is 5.13 Å². The average molecular weight is 421 g/mol. The van der Waals surface area contributed by atoms with Crippen molar-refractivity contribution in [2.24, 2.45) is 0 Å². The molecule has 6 nitrogen and oxygen atoms in total.